The Morgan fingerprint density at radius 1 is 0.350 bits per heavy atom. The fourth-order valence-electron chi connectivity index (χ4n) is 8.61. The molecule has 3 heterocycles. The lowest BCUT2D eigenvalue weighted by Gasteiger charge is -2.22. The topological polar surface area (TPSA) is 48.5 Å². The highest BCUT2D eigenvalue weighted by Gasteiger charge is 2.36. The zero-order chi connectivity index (χ0) is 40.4. The number of alkyl halides is 3. The maximum atomic E-state index is 15.6. The van der Waals surface area contributed by atoms with Gasteiger partial charge in [0.25, 0.3) is 0 Å². The Hall–Kier alpha value is -7.84. The minimum absolute atomic E-state index is 0.0173. The molecule has 0 aliphatic rings. The van der Waals surface area contributed by atoms with Gasteiger partial charge in [-0.1, -0.05) is 146 Å². The second-order valence-electron chi connectivity index (χ2n) is 14.7. The molecule has 3 aromatic heterocycles. The van der Waals surface area contributed by atoms with Gasteiger partial charge in [-0.15, -0.1) is 0 Å². The predicted molar refractivity (Wildman–Crippen MR) is 235 cm³/mol. The third-order valence-electron chi connectivity index (χ3n) is 11.2. The Balaban J connectivity index is 1.28. The highest BCUT2D eigenvalue weighted by atomic mass is 19.4. The first-order valence-electron chi connectivity index (χ1n) is 19.6. The summed E-state index contributed by atoms with van der Waals surface area (Å²) in [6.45, 7) is 0. The average molecular weight is 784 g/mol. The fraction of sp³-hybridized carbons (Fsp3) is 0.0192. The normalized spacial score (nSPS) is 11.9. The summed E-state index contributed by atoms with van der Waals surface area (Å²) in [5, 5.41) is 3.85. The van der Waals surface area contributed by atoms with Crippen LogP contribution in [0.25, 0.3) is 100 Å². The SMILES string of the molecule is FC(F)(F)c1cccc(-c2cc(-n3c4ccccc4c4ccccc43)ccc2-c2nc(-c3ccccc3)nc(-c3ccccc3)n2)c1-n1c2ccccc2c2ccccc21. The molecule has 0 atom stereocenters. The molecule has 0 spiro atoms. The van der Waals surface area contributed by atoms with E-state index in [0.717, 1.165) is 49.4 Å². The third-order valence-corrected chi connectivity index (χ3v) is 11.2. The molecule has 0 saturated carbocycles. The van der Waals surface area contributed by atoms with Gasteiger partial charge in [-0.05, 0) is 54.1 Å². The second kappa shape index (κ2) is 13.9. The number of nitrogens with zero attached hydrogens (tertiary/aromatic N) is 5. The van der Waals surface area contributed by atoms with Crippen molar-refractivity contribution in [2.75, 3.05) is 0 Å². The molecule has 286 valence electrons. The van der Waals surface area contributed by atoms with Gasteiger partial charge < -0.3 is 9.13 Å². The number of fused-ring (bicyclic) bond motifs is 6. The van der Waals surface area contributed by atoms with E-state index in [1.165, 1.54) is 12.1 Å². The van der Waals surface area contributed by atoms with E-state index < -0.39 is 11.7 Å². The first kappa shape index (κ1) is 35.3. The van der Waals surface area contributed by atoms with E-state index in [4.69, 9.17) is 15.0 Å². The first-order chi connectivity index (χ1) is 29.4. The molecule has 0 fully saturated rings. The molecular formula is C52H32F3N5. The Morgan fingerprint density at radius 3 is 1.27 bits per heavy atom. The average Bonchev–Trinajstić information content (AvgIpc) is 3.82. The summed E-state index contributed by atoms with van der Waals surface area (Å²) < 4.78 is 50.9. The molecule has 0 aliphatic heterocycles. The maximum Gasteiger partial charge on any atom is 0.418 e. The van der Waals surface area contributed by atoms with E-state index in [0.29, 0.717) is 45.2 Å². The monoisotopic (exact) mass is 783 g/mol. The van der Waals surface area contributed by atoms with Gasteiger partial charge >= 0.3 is 6.18 Å². The zero-order valence-corrected chi connectivity index (χ0v) is 31.8. The van der Waals surface area contributed by atoms with Gasteiger partial charge in [-0.25, -0.2) is 15.0 Å². The molecule has 11 rings (SSSR count). The molecule has 8 aromatic carbocycles. The maximum absolute atomic E-state index is 15.6. The molecule has 5 nitrogen and oxygen atoms in total. The van der Waals surface area contributed by atoms with Crippen LogP contribution in [0.2, 0.25) is 0 Å². The standard InChI is InChI=1S/C52H32F3N5/c53-52(54,55)43-25-15-24-40(48(43)60-46-28-13-9-22-38(46)39-23-10-14-29-47(39)60)42-32-35(59-44-26-11-7-20-36(44)37-21-8-12-27-45(37)59)30-31-41(42)51-57-49(33-16-3-1-4-17-33)56-50(58-51)34-18-5-2-6-19-34/h1-32H. The first-order valence-corrected chi connectivity index (χ1v) is 19.6. The highest BCUT2D eigenvalue weighted by Crippen LogP contribution is 2.46. The van der Waals surface area contributed by atoms with Crippen LogP contribution in [0.5, 0.6) is 0 Å². The molecule has 11 aromatic rings. The van der Waals surface area contributed by atoms with Crippen LogP contribution >= 0.6 is 0 Å². The van der Waals surface area contributed by atoms with Gasteiger partial charge in [0.05, 0.1) is 33.3 Å². The van der Waals surface area contributed by atoms with Crippen LogP contribution < -0.4 is 0 Å². The number of para-hydroxylation sites is 5. The van der Waals surface area contributed by atoms with Crippen molar-refractivity contribution in [1.29, 1.82) is 0 Å². The summed E-state index contributed by atoms with van der Waals surface area (Å²) >= 11 is 0. The smallest absolute Gasteiger partial charge is 0.309 e. The summed E-state index contributed by atoms with van der Waals surface area (Å²) in [6.07, 6.45) is -4.70. The number of benzene rings is 8. The number of halogens is 3. The van der Waals surface area contributed by atoms with Crippen molar-refractivity contribution in [2.24, 2.45) is 0 Å². The third kappa shape index (κ3) is 5.75. The molecule has 0 saturated heterocycles. The lowest BCUT2D eigenvalue weighted by Crippen LogP contribution is -2.12. The molecule has 0 aliphatic carbocycles. The molecular weight excluding hydrogens is 752 g/mol. The van der Waals surface area contributed by atoms with Gasteiger partial charge in [0.15, 0.2) is 17.5 Å². The zero-order valence-electron chi connectivity index (χ0n) is 31.8. The van der Waals surface area contributed by atoms with Crippen LogP contribution in [0.4, 0.5) is 13.2 Å². The Morgan fingerprint density at radius 2 is 0.783 bits per heavy atom. The van der Waals surface area contributed by atoms with Crippen LogP contribution in [0.15, 0.2) is 194 Å². The number of rotatable bonds is 6. The van der Waals surface area contributed by atoms with Crippen molar-refractivity contribution in [3.8, 4) is 56.7 Å². The lowest BCUT2D eigenvalue weighted by molar-refractivity contribution is -0.137. The van der Waals surface area contributed by atoms with E-state index in [2.05, 4.69) is 28.8 Å². The summed E-state index contributed by atoms with van der Waals surface area (Å²) in [7, 11) is 0. The summed E-state index contributed by atoms with van der Waals surface area (Å²) in [4.78, 5) is 15.1. The van der Waals surface area contributed by atoms with Crippen molar-refractivity contribution < 1.29 is 13.2 Å². The molecule has 0 bridgehead atoms. The molecule has 0 N–H and O–H groups in total. The van der Waals surface area contributed by atoms with Crippen LogP contribution in [0.3, 0.4) is 0 Å². The largest absolute Gasteiger partial charge is 0.418 e. The molecule has 0 amide bonds. The molecule has 60 heavy (non-hydrogen) atoms. The van der Waals surface area contributed by atoms with Crippen LogP contribution in [-0.4, -0.2) is 24.1 Å². The lowest BCUT2D eigenvalue weighted by atomic mass is 9.93. The summed E-state index contributed by atoms with van der Waals surface area (Å²) in [5.74, 6) is 1.23. The van der Waals surface area contributed by atoms with Crippen molar-refractivity contribution >= 4 is 43.6 Å². The Labute approximate surface area is 342 Å². The highest BCUT2D eigenvalue weighted by molar-refractivity contribution is 6.11. The van der Waals surface area contributed by atoms with E-state index in [-0.39, 0.29) is 5.69 Å². The van der Waals surface area contributed by atoms with Crippen molar-refractivity contribution in [3.63, 3.8) is 0 Å². The van der Waals surface area contributed by atoms with E-state index in [1.807, 2.05) is 152 Å². The van der Waals surface area contributed by atoms with E-state index >= 15 is 13.2 Å². The van der Waals surface area contributed by atoms with Gasteiger partial charge in [0, 0.05) is 49.5 Å². The van der Waals surface area contributed by atoms with Crippen molar-refractivity contribution in [3.05, 3.63) is 200 Å². The summed E-state index contributed by atoms with van der Waals surface area (Å²) in [6, 6.07) is 61.3. The Kier molecular flexibility index (Phi) is 8.20. The van der Waals surface area contributed by atoms with Gasteiger partial charge in [-0.2, -0.15) is 13.2 Å². The van der Waals surface area contributed by atoms with Gasteiger partial charge in [-0.3, -0.25) is 0 Å². The van der Waals surface area contributed by atoms with Crippen molar-refractivity contribution in [2.45, 2.75) is 6.18 Å². The van der Waals surface area contributed by atoms with Crippen LogP contribution in [-0.2, 0) is 6.18 Å². The number of hydrogen-bond acceptors (Lipinski definition) is 3. The predicted octanol–water partition coefficient (Wildman–Crippen LogP) is 13.8. The van der Waals surface area contributed by atoms with Gasteiger partial charge in [0.1, 0.15) is 0 Å². The molecule has 0 unspecified atom stereocenters. The Bertz CT molecular complexity index is 3260. The number of aromatic nitrogens is 5. The van der Waals surface area contributed by atoms with E-state index in [1.54, 1.807) is 10.6 Å². The van der Waals surface area contributed by atoms with Crippen LogP contribution in [0.1, 0.15) is 5.56 Å². The second-order valence-corrected chi connectivity index (χ2v) is 14.7. The fourth-order valence-corrected chi connectivity index (χ4v) is 8.61. The molecule has 0 radical (unpaired) electrons. The quantitative estimate of drug-likeness (QED) is 0.169. The minimum Gasteiger partial charge on any atom is -0.309 e. The van der Waals surface area contributed by atoms with Crippen molar-refractivity contribution in [1.82, 2.24) is 24.1 Å². The molecule has 8 heteroatoms. The van der Waals surface area contributed by atoms with E-state index in [9.17, 15) is 0 Å². The number of hydrogen-bond donors (Lipinski definition) is 0. The van der Waals surface area contributed by atoms with Gasteiger partial charge in [0.2, 0.25) is 0 Å². The minimum atomic E-state index is -4.70. The van der Waals surface area contributed by atoms with Crippen LogP contribution in [0, 0.1) is 0 Å². The summed E-state index contributed by atoms with van der Waals surface area (Å²) in [5.41, 5.74) is 6.33.